The van der Waals surface area contributed by atoms with Gasteiger partial charge in [0.15, 0.2) is 0 Å². The van der Waals surface area contributed by atoms with Crippen LogP contribution >= 0.6 is 11.6 Å². The predicted molar refractivity (Wildman–Crippen MR) is 92.6 cm³/mol. The molecule has 2 fully saturated rings. The molecule has 0 aliphatic carbocycles. The fourth-order valence-electron chi connectivity index (χ4n) is 2.94. The fourth-order valence-corrected chi connectivity index (χ4v) is 3.24. The monoisotopic (exact) mass is 352 g/mol. The molecule has 0 atom stereocenters. The smallest absolute Gasteiger partial charge is 0.238 e. The number of morpholine rings is 1. The molecular weight excluding hydrogens is 332 g/mol. The topological polar surface area (TPSA) is 73.9 Å². The number of para-hydroxylation sites is 1. The number of anilines is 2. The molecule has 2 N–H and O–H groups in total. The highest BCUT2D eigenvalue weighted by molar-refractivity contribution is 6.34. The maximum Gasteiger partial charge on any atom is 0.238 e. The zero-order chi connectivity index (χ0) is 16.9. The van der Waals surface area contributed by atoms with E-state index in [0.717, 1.165) is 18.8 Å². The van der Waals surface area contributed by atoms with Crippen LogP contribution in [0.25, 0.3) is 0 Å². The molecular formula is C16H21ClN4O3. The molecule has 8 heteroatoms. The average molecular weight is 353 g/mol. The summed E-state index contributed by atoms with van der Waals surface area (Å²) in [5.74, 6) is -0.202. The van der Waals surface area contributed by atoms with E-state index in [1.54, 1.807) is 0 Å². The summed E-state index contributed by atoms with van der Waals surface area (Å²) in [6.07, 6.45) is 0. The third-order valence-electron chi connectivity index (χ3n) is 4.07. The number of ether oxygens (including phenoxy) is 1. The van der Waals surface area contributed by atoms with Crippen molar-refractivity contribution in [3.63, 3.8) is 0 Å². The summed E-state index contributed by atoms with van der Waals surface area (Å²) < 4.78 is 5.38. The van der Waals surface area contributed by atoms with Crippen LogP contribution in [0, 0.1) is 0 Å². The van der Waals surface area contributed by atoms with Crippen LogP contribution < -0.4 is 15.5 Å². The number of nitrogens with zero attached hydrogens (tertiary/aromatic N) is 2. The molecule has 2 aliphatic rings. The third kappa shape index (κ3) is 4.17. The molecule has 2 heterocycles. The molecule has 0 aromatic heterocycles. The molecule has 2 aliphatic heterocycles. The van der Waals surface area contributed by atoms with E-state index in [-0.39, 0.29) is 24.9 Å². The van der Waals surface area contributed by atoms with Crippen molar-refractivity contribution in [2.24, 2.45) is 0 Å². The van der Waals surface area contributed by atoms with Gasteiger partial charge in [-0.15, -0.1) is 0 Å². The van der Waals surface area contributed by atoms with Gasteiger partial charge in [-0.2, -0.15) is 0 Å². The van der Waals surface area contributed by atoms with Gasteiger partial charge in [0.2, 0.25) is 11.8 Å². The largest absolute Gasteiger partial charge is 0.378 e. The average Bonchev–Trinajstić information content (AvgIpc) is 2.55. The van der Waals surface area contributed by atoms with E-state index in [1.165, 1.54) is 0 Å². The Morgan fingerprint density at radius 2 is 2.08 bits per heavy atom. The fraction of sp³-hybridized carbons (Fsp3) is 0.500. The summed E-state index contributed by atoms with van der Waals surface area (Å²) in [6.45, 7) is 4.43. The Balaban J connectivity index is 1.68. The Kier molecular flexibility index (Phi) is 5.55. The number of amides is 2. The van der Waals surface area contributed by atoms with Gasteiger partial charge in [-0.25, -0.2) is 0 Å². The Morgan fingerprint density at radius 3 is 2.83 bits per heavy atom. The lowest BCUT2D eigenvalue weighted by molar-refractivity contribution is -0.125. The summed E-state index contributed by atoms with van der Waals surface area (Å²) in [6, 6.07) is 5.48. The second-order valence-corrected chi connectivity index (χ2v) is 6.25. The molecule has 1 aromatic rings. The van der Waals surface area contributed by atoms with Crippen molar-refractivity contribution in [1.29, 1.82) is 0 Å². The second kappa shape index (κ2) is 7.83. The van der Waals surface area contributed by atoms with Crippen LogP contribution in [0.2, 0.25) is 5.02 Å². The van der Waals surface area contributed by atoms with Crippen molar-refractivity contribution in [2.75, 3.05) is 62.7 Å². The Hall–Kier alpha value is -1.83. The minimum atomic E-state index is -0.151. The molecule has 7 nitrogen and oxygen atoms in total. The quantitative estimate of drug-likeness (QED) is 0.827. The highest BCUT2D eigenvalue weighted by atomic mass is 35.5. The molecule has 1 aromatic carbocycles. The molecule has 24 heavy (non-hydrogen) atoms. The van der Waals surface area contributed by atoms with Gasteiger partial charge < -0.3 is 20.3 Å². The van der Waals surface area contributed by atoms with Gasteiger partial charge in [0.25, 0.3) is 0 Å². The van der Waals surface area contributed by atoms with Crippen LogP contribution in [0.3, 0.4) is 0 Å². The lowest BCUT2D eigenvalue weighted by atomic mass is 10.2. The molecule has 0 saturated carbocycles. The summed E-state index contributed by atoms with van der Waals surface area (Å²) in [7, 11) is 0. The second-order valence-electron chi connectivity index (χ2n) is 5.84. The van der Waals surface area contributed by atoms with E-state index < -0.39 is 0 Å². The third-order valence-corrected chi connectivity index (χ3v) is 4.38. The normalized spacial score (nSPS) is 19.0. The van der Waals surface area contributed by atoms with Crippen LogP contribution in [0.15, 0.2) is 18.2 Å². The van der Waals surface area contributed by atoms with Crippen molar-refractivity contribution < 1.29 is 14.3 Å². The van der Waals surface area contributed by atoms with Crippen LogP contribution in [-0.2, 0) is 14.3 Å². The Bertz CT molecular complexity index is 619. The van der Waals surface area contributed by atoms with E-state index in [4.69, 9.17) is 16.3 Å². The summed E-state index contributed by atoms with van der Waals surface area (Å²) in [5, 5.41) is 6.28. The number of rotatable bonds is 4. The van der Waals surface area contributed by atoms with Gasteiger partial charge in [0, 0.05) is 26.2 Å². The van der Waals surface area contributed by atoms with Crippen molar-refractivity contribution in [3.8, 4) is 0 Å². The maximum atomic E-state index is 12.4. The summed E-state index contributed by atoms with van der Waals surface area (Å²) in [4.78, 5) is 27.7. The number of nitrogens with one attached hydrogen (secondary N) is 2. The maximum absolute atomic E-state index is 12.4. The standard InChI is InChI=1S/C16H21ClN4O3/c17-12-2-1-3-13(16(12)21-6-8-24-9-7-21)19-15(23)11-20-5-4-18-14(22)10-20/h1-3H,4-11H2,(H,18,22)(H,19,23). The summed E-state index contributed by atoms with van der Waals surface area (Å²) in [5.41, 5.74) is 1.52. The minimum Gasteiger partial charge on any atom is -0.378 e. The van der Waals surface area contributed by atoms with Crippen LogP contribution in [-0.4, -0.2) is 69.2 Å². The van der Waals surface area contributed by atoms with Gasteiger partial charge >= 0.3 is 0 Å². The van der Waals surface area contributed by atoms with Crippen LogP contribution in [0.5, 0.6) is 0 Å². The van der Waals surface area contributed by atoms with Gasteiger partial charge in [-0.05, 0) is 12.1 Å². The molecule has 3 rings (SSSR count). The molecule has 0 bridgehead atoms. The van der Waals surface area contributed by atoms with Crippen molar-refractivity contribution in [1.82, 2.24) is 10.2 Å². The number of halogens is 1. The highest BCUT2D eigenvalue weighted by Gasteiger charge is 2.21. The predicted octanol–water partition coefficient (Wildman–Crippen LogP) is 0.547. The molecule has 130 valence electrons. The Labute approximate surface area is 145 Å². The summed E-state index contributed by atoms with van der Waals surface area (Å²) >= 11 is 6.36. The lowest BCUT2D eigenvalue weighted by Crippen LogP contribution is -2.49. The number of carbonyl (C=O) groups is 2. The van der Waals surface area contributed by atoms with E-state index in [0.29, 0.717) is 37.0 Å². The van der Waals surface area contributed by atoms with Gasteiger partial charge in [0.05, 0.1) is 42.7 Å². The molecule has 0 radical (unpaired) electrons. The van der Waals surface area contributed by atoms with E-state index in [9.17, 15) is 9.59 Å². The number of hydrogen-bond acceptors (Lipinski definition) is 5. The molecule has 0 spiro atoms. The molecule has 2 amide bonds. The van der Waals surface area contributed by atoms with Gasteiger partial charge in [-0.1, -0.05) is 17.7 Å². The van der Waals surface area contributed by atoms with E-state index in [2.05, 4.69) is 15.5 Å². The molecule has 2 saturated heterocycles. The van der Waals surface area contributed by atoms with E-state index >= 15 is 0 Å². The van der Waals surface area contributed by atoms with E-state index in [1.807, 2.05) is 23.1 Å². The van der Waals surface area contributed by atoms with Gasteiger partial charge in [-0.3, -0.25) is 14.5 Å². The first kappa shape index (κ1) is 17.0. The zero-order valence-corrected chi connectivity index (χ0v) is 14.1. The first-order chi connectivity index (χ1) is 11.6. The zero-order valence-electron chi connectivity index (χ0n) is 13.4. The van der Waals surface area contributed by atoms with Crippen molar-refractivity contribution >= 4 is 34.8 Å². The first-order valence-electron chi connectivity index (χ1n) is 8.03. The molecule has 0 unspecified atom stereocenters. The number of hydrogen-bond donors (Lipinski definition) is 2. The lowest BCUT2D eigenvalue weighted by Gasteiger charge is -2.31. The van der Waals surface area contributed by atoms with Crippen molar-refractivity contribution in [2.45, 2.75) is 0 Å². The van der Waals surface area contributed by atoms with Gasteiger partial charge in [0.1, 0.15) is 0 Å². The number of benzene rings is 1. The SMILES string of the molecule is O=C1CN(CC(=O)Nc2cccc(Cl)c2N2CCOCC2)CCN1. The first-order valence-corrected chi connectivity index (χ1v) is 8.41. The van der Waals surface area contributed by atoms with Crippen LogP contribution in [0.1, 0.15) is 0 Å². The Morgan fingerprint density at radius 1 is 1.29 bits per heavy atom. The minimum absolute atomic E-state index is 0.0502. The van der Waals surface area contributed by atoms with Crippen LogP contribution in [0.4, 0.5) is 11.4 Å². The number of carbonyl (C=O) groups excluding carboxylic acids is 2. The number of piperazine rings is 1. The highest BCUT2D eigenvalue weighted by Crippen LogP contribution is 2.34. The van der Waals surface area contributed by atoms with Crippen molar-refractivity contribution in [3.05, 3.63) is 23.2 Å².